The van der Waals surface area contributed by atoms with Gasteiger partial charge in [0.25, 0.3) is 0 Å². The van der Waals surface area contributed by atoms with Crippen LogP contribution in [0, 0.1) is 5.82 Å². The molecule has 504 valence electrons. The second kappa shape index (κ2) is 30.4. The zero-order valence-corrected chi connectivity index (χ0v) is 55.8. The first-order valence-electron chi connectivity index (χ1n) is 34.9. The van der Waals surface area contributed by atoms with Crippen LogP contribution in [0.3, 0.4) is 0 Å². The average Bonchev–Trinajstić information content (AvgIpc) is 1.07. The van der Waals surface area contributed by atoms with Gasteiger partial charge in [-0.15, -0.1) is 0 Å². The van der Waals surface area contributed by atoms with Gasteiger partial charge in [-0.05, 0) is 160 Å². The van der Waals surface area contributed by atoms with Crippen LogP contribution in [0.15, 0.2) is 235 Å². The Morgan fingerprint density at radius 2 is 0.758 bits per heavy atom. The summed E-state index contributed by atoms with van der Waals surface area (Å²) in [7, 11) is 0. The standard InChI is InChI=1S/C30H28FN3O2.C28H30N2O2.C26H25FN2O2/c31-28-9-5-4-8-25(28)24-11-14-34-13-10-23(21-6-2-1-3-7-21)26-16-22(17-27(24)29(26)34)33-30(35)32-18-20-12-15-36-19-20;1-2-17-32-28(31)29-22-18-25-23(20-9-5-3-6-10-20)13-15-30-16-14-24(26(19-22)27(25)30)21-11-7-4-8-12-21;27-17-31-26(30)28-20-15-23-21(18-7-3-1-4-8-18)11-13-29-14-12-22(24(16-20)25(23)29)19-9-5-2-6-10-19/h1-9,12,15-17,19,23-24H,10-11,13-14,18H2,(H2,32,33,35);3-12,18-19,23-24H,2,13-17H2,1H3,(H,29,31);1-10,15-16,21-22H,11-14,17H2,(H,28,30). The topological polar surface area (TPSA) is 141 Å². The molecule has 0 saturated heterocycles. The van der Waals surface area contributed by atoms with Crippen LogP contribution in [0.25, 0.3) is 0 Å². The zero-order valence-electron chi connectivity index (χ0n) is 55.8. The second-order valence-corrected chi connectivity index (χ2v) is 26.5. The molecule has 13 nitrogen and oxygen atoms in total. The van der Waals surface area contributed by atoms with Crippen LogP contribution in [0.2, 0.25) is 0 Å². The second-order valence-electron chi connectivity index (χ2n) is 26.5. The van der Waals surface area contributed by atoms with Gasteiger partial charge in [0.05, 0.1) is 19.1 Å². The van der Waals surface area contributed by atoms with Crippen LogP contribution in [0.1, 0.15) is 160 Å². The minimum absolute atomic E-state index is 0.0681. The highest BCUT2D eigenvalue weighted by atomic mass is 19.1. The molecule has 9 aromatic carbocycles. The van der Waals surface area contributed by atoms with Crippen molar-refractivity contribution in [1.29, 1.82) is 0 Å². The Morgan fingerprint density at radius 3 is 1.10 bits per heavy atom. The van der Waals surface area contributed by atoms with Gasteiger partial charge in [0.15, 0.2) is 0 Å². The first-order chi connectivity index (χ1) is 48.7. The van der Waals surface area contributed by atoms with Crippen molar-refractivity contribution >= 4 is 52.3 Å². The number of amides is 4. The summed E-state index contributed by atoms with van der Waals surface area (Å²) >= 11 is 0. The van der Waals surface area contributed by atoms with Crippen LogP contribution in [0.5, 0.6) is 0 Å². The summed E-state index contributed by atoms with van der Waals surface area (Å²) in [5.41, 5.74) is 21.4. The molecule has 99 heavy (non-hydrogen) atoms. The van der Waals surface area contributed by atoms with E-state index in [-0.39, 0.29) is 41.6 Å². The summed E-state index contributed by atoms with van der Waals surface area (Å²) in [6.45, 7) is 7.65. The molecule has 6 atom stereocenters. The molecule has 7 heterocycles. The Bertz CT molecular complexity index is 4270. The molecule has 0 saturated carbocycles. The number of carbonyl (C=O) groups excluding carboxylic acids is 3. The fourth-order valence-electron chi connectivity index (χ4n) is 16.1. The molecule has 0 fully saturated rings. The highest BCUT2D eigenvalue weighted by Crippen LogP contribution is 2.53. The van der Waals surface area contributed by atoms with Gasteiger partial charge in [-0.2, -0.15) is 0 Å². The number of nitrogens with zero attached hydrogens (tertiary/aromatic N) is 3. The molecule has 0 bridgehead atoms. The summed E-state index contributed by atoms with van der Waals surface area (Å²) < 4.78 is 42.3. The molecular weight excluding hydrogens is 1240 g/mol. The Hall–Kier alpha value is -10.7. The van der Waals surface area contributed by atoms with Crippen LogP contribution >= 0.6 is 0 Å². The number of anilines is 6. The molecule has 6 unspecified atom stereocenters. The van der Waals surface area contributed by atoms with Crippen LogP contribution in [0.4, 0.5) is 57.3 Å². The summed E-state index contributed by atoms with van der Waals surface area (Å²) in [6.07, 6.45) is 8.88. The predicted octanol–water partition coefficient (Wildman–Crippen LogP) is 19.2. The molecule has 4 amide bonds. The monoisotopic (exact) mass is 1320 g/mol. The molecule has 0 radical (unpaired) electrons. The lowest BCUT2D eigenvalue weighted by Gasteiger charge is -2.43. The van der Waals surface area contributed by atoms with Gasteiger partial charge in [0.2, 0.25) is 6.86 Å². The summed E-state index contributed by atoms with van der Waals surface area (Å²) in [4.78, 5) is 44.6. The van der Waals surface area contributed by atoms with Crippen LogP contribution < -0.4 is 36.0 Å². The van der Waals surface area contributed by atoms with E-state index in [4.69, 9.17) is 9.15 Å². The summed E-state index contributed by atoms with van der Waals surface area (Å²) in [6, 6.07) is 74.2. The Labute approximate surface area is 578 Å². The first kappa shape index (κ1) is 65.6. The number of carbonyl (C=O) groups is 3. The van der Waals surface area contributed by atoms with Gasteiger partial charge in [-0.1, -0.05) is 177 Å². The molecule has 4 N–H and O–H groups in total. The Balaban J connectivity index is 0.000000127. The minimum Gasteiger partial charge on any atom is -0.472 e. The van der Waals surface area contributed by atoms with Crippen molar-refractivity contribution in [2.75, 3.05) is 83.4 Å². The van der Waals surface area contributed by atoms with Crippen molar-refractivity contribution in [3.8, 4) is 0 Å². The van der Waals surface area contributed by atoms with Gasteiger partial charge in [0, 0.05) is 121 Å². The van der Waals surface area contributed by atoms with E-state index in [1.165, 1.54) is 78.8 Å². The van der Waals surface area contributed by atoms with Crippen molar-refractivity contribution in [1.82, 2.24) is 5.32 Å². The van der Waals surface area contributed by atoms with E-state index in [1.807, 2.05) is 61.5 Å². The molecule has 1 aromatic heterocycles. The van der Waals surface area contributed by atoms with E-state index in [2.05, 4.69) is 192 Å². The Morgan fingerprint density at radius 1 is 0.424 bits per heavy atom. The number of alkyl halides is 1. The number of ether oxygens (including phenoxy) is 2. The average molecular weight is 1320 g/mol. The van der Waals surface area contributed by atoms with Gasteiger partial charge in [-0.3, -0.25) is 10.6 Å². The molecule has 10 aromatic rings. The van der Waals surface area contributed by atoms with Crippen molar-refractivity contribution in [2.24, 2.45) is 0 Å². The molecule has 6 aliphatic rings. The van der Waals surface area contributed by atoms with E-state index in [1.54, 1.807) is 18.6 Å². The third kappa shape index (κ3) is 14.5. The largest absolute Gasteiger partial charge is 0.472 e. The van der Waals surface area contributed by atoms with Crippen molar-refractivity contribution in [3.63, 3.8) is 0 Å². The lowest BCUT2D eigenvalue weighted by Crippen LogP contribution is -2.38. The maximum Gasteiger partial charge on any atom is 0.413 e. The number of halogens is 2. The lowest BCUT2D eigenvalue weighted by atomic mass is 9.76. The third-order valence-corrected chi connectivity index (χ3v) is 20.5. The maximum absolute atomic E-state index is 14.9. The smallest absolute Gasteiger partial charge is 0.413 e. The number of nitrogens with one attached hydrogen (secondary N) is 4. The highest BCUT2D eigenvalue weighted by Gasteiger charge is 2.39. The van der Waals surface area contributed by atoms with Gasteiger partial charge in [0.1, 0.15) is 5.82 Å². The number of benzene rings is 9. The van der Waals surface area contributed by atoms with E-state index in [0.717, 1.165) is 107 Å². The summed E-state index contributed by atoms with van der Waals surface area (Å²) in [5, 5.41) is 11.7. The number of rotatable bonds is 14. The zero-order chi connectivity index (χ0) is 67.6. The molecule has 0 aliphatic carbocycles. The van der Waals surface area contributed by atoms with Gasteiger partial charge in [-0.25, -0.2) is 23.2 Å². The lowest BCUT2D eigenvalue weighted by molar-refractivity contribution is 0.111. The number of hydrogen-bond donors (Lipinski definition) is 4. The number of hydrogen-bond acceptors (Lipinski definition) is 9. The van der Waals surface area contributed by atoms with E-state index < -0.39 is 13.0 Å². The van der Waals surface area contributed by atoms with E-state index in [9.17, 15) is 23.2 Å². The molecule has 0 spiro atoms. The number of urea groups is 1. The van der Waals surface area contributed by atoms with Crippen molar-refractivity contribution in [3.05, 3.63) is 309 Å². The van der Waals surface area contributed by atoms with Crippen molar-refractivity contribution < 1.29 is 37.1 Å². The Kier molecular flexibility index (Phi) is 20.1. The maximum atomic E-state index is 14.9. The highest BCUT2D eigenvalue weighted by molar-refractivity contribution is 5.91. The first-order valence-corrected chi connectivity index (χ1v) is 34.9. The molecule has 15 heteroatoms. The minimum atomic E-state index is -1.14. The molecule has 6 aliphatic heterocycles. The SMILES string of the molecule is CCCOC(=O)Nc1cc2c3c(c1)C(c1ccccc1)CCN3CCC2c1ccccc1.O=C(NCc1ccoc1)Nc1cc2c3c(c1)C(c1ccccc1F)CCN3CCC2c1ccccc1.O=C(Nc1cc2c3c(c1)C(c1ccccc1)CCN3CCC2c1ccccc1)OCF. The van der Waals surface area contributed by atoms with Crippen molar-refractivity contribution in [2.45, 2.75) is 93.9 Å². The third-order valence-electron chi connectivity index (χ3n) is 20.5. The van der Waals surface area contributed by atoms with E-state index >= 15 is 0 Å². The fraction of sp³-hybridized carbons (Fsp3) is 0.274. The number of furan rings is 1. The van der Waals surface area contributed by atoms with Crippen LogP contribution in [-0.4, -0.2) is 71.0 Å². The quantitative estimate of drug-likeness (QED) is 0.0837. The van der Waals surface area contributed by atoms with Crippen LogP contribution in [-0.2, 0) is 16.0 Å². The molecule has 16 rings (SSSR count). The van der Waals surface area contributed by atoms with E-state index in [0.29, 0.717) is 36.2 Å². The van der Waals surface area contributed by atoms with Gasteiger partial charge >= 0.3 is 18.2 Å². The fourth-order valence-corrected chi connectivity index (χ4v) is 16.1. The normalized spacial score (nSPS) is 19.0. The predicted molar refractivity (Wildman–Crippen MR) is 389 cm³/mol. The van der Waals surface area contributed by atoms with Gasteiger partial charge < -0.3 is 39.2 Å². The summed E-state index contributed by atoms with van der Waals surface area (Å²) in [5.74, 6) is 1.11. The molecular formula is C84H83F2N7O6.